The summed E-state index contributed by atoms with van der Waals surface area (Å²) in [5, 5.41) is 20.3. The summed E-state index contributed by atoms with van der Waals surface area (Å²) in [6.45, 7) is 0. The lowest BCUT2D eigenvalue weighted by Crippen LogP contribution is -2.19. The summed E-state index contributed by atoms with van der Waals surface area (Å²) in [4.78, 5) is 0. The van der Waals surface area contributed by atoms with Crippen LogP contribution in [0.25, 0.3) is 0 Å². The molecule has 1 rings (SSSR count). The molecule has 0 aliphatic heterocycles. The first-order chi connectivity index (χ1) is 7.60. The molecule has 0 saturated heterocycles. The number of benzene rings is 1. The normalized spacial score (nSPS) is 14.6. The van der Waals surface area contributed by atoms with Gasteiger partial charge in [-0.15, -0.1) is 0 Å². The lowest BCUT2D eigenvalue weighted by atomic mass is 10.0. The second-order valence-corrected chi connectivity index (χ2v) is 5.08. The minimum absolute atomic E-state index is 0.486. The van der Waals surface area contributed by atoms with E-state index in [0.717, 1.165) is 4.47 Å². The predicted octanol–water partition coefficient (Wildman–Crippen LogP) is 2.64. The third-order valence-electron chi connectivity index (χ3n) is 2.28. The van der Waals surface area contributed by atoms with Crippen molar-refractivity contribution in [3.8, 4) is 5.75 Å². The molecular weight excluding hydrogens is 340 g/mol. The van der Waals surface area contributed by atoms with E-state index in [4.69, 9.17) is 4.74 Å². The highest BCUT2D eigenvalue weighted by atomic mass is 79.9. The molecule has 0 fully saturated rings. The summed E-state index contributed by atoms with van der Waals surface area (Å²) >= 11 is 6.55. The maximum atomic E-state index is 9.96. The Kier molecular flexibility index (Phi) is 5.75. The Bertz CT molecular complexity index is 344. The van der Waals surface area contributed by atoms with Gasteiger partial charge < -0.3 is 14.9 Å². The zero-order valence-electron chi connectivity index (χ0n) is 8.86. The van der Waals surface area contributed by atoms with Gasteiger partial charge in [0.15, 0.2) is 0 Å². The lowest BCUT2D eigenvalue weighted by molar-refractivity contribution is 0.0160. The van der Waals surface area contributed by atoms with Gasteiger partial charge in [-0.3, -0.25) is 0 Å². The number of hydrogen-bond acceptors (Lipinski definition) is 3. The monoisotopic (exact) mass is 352 g/mol. The molecule has 0 spiro atoms. The van der Waals surface area contributed by atoms with Crippen LogP contribution in [0.4, 0.5) is 0 Å². The predicted molar refractivity (Wildman–Crippen MR) is 70.1 cm³/mol. The molecular formula is C11H14Br2O3. The quantitative estimate of drug-likeness (QED) is 0.800. The second kappa shape index (κ2) is 6.59. The van der Waals surface area contributed by atoms with Crippen LogP contribution < -0.4 is 4.74 Å². The fourth-order valence-corrected chi connectivity index (χ4v) is 2.22. The molecule has 90 valence electrons. The number of methoxy groups -OCH3 is 1. The van der Waals surface area contributed by atoms with E-state index in [1.165, 1.54) is 7.11 Å². The van der Waals surface area contributed by atoms with Crippen LogP contribution in [0.3, 0.4) is 0 Å². The molecule has 0 radical (unpaired) electrons. The summed E-state index contributed by atoms with van der Waals surface area (Å²) in [6.07, 6.45) is -1.24. The molecule has 16 heavy (non-hydrogen) atoms. The summed E-state index contributed by atoms with van der Waals surface area (Å²) in [5.74, 6) is 0.565. The van der Waals surface area contributed by atoms with E-state index in [1.807, 2.05) is 6.07 Å². The minimum Gasteiger partial charge on any atom is -0.496 e. The van der Waals surface area contributed by atoms with Crippen molar-refractivity contribution in [2.24, 2.45) is 0 Å². The Hall–Kier alpha value is -0.100. The molecule has 2 atom stereocenters. The van der Waals surface area contributed by atoms with Gasteiger partial charge in [-0.05, 0) is 18.6 Å². The number of aliphatic hydroxyl groups excluding tert-OH is 2. The standard InChI is InChI=1S/C11H14Br2O3/c1-16-10-6-7(13)2-3-8(10)11(15)9(14)4-5-12/h2-3,6,9,11,14-15H,4-5H2,1H3. The van der Waals surface area contributed by atoms with E-state index in [1.54, 1.807) is 12.1 Å². The van der Waals surface area contributed by atoms with Crippen molar-refractivity contribution >= 4 is 31.9 Å². The van der Waals surface area contributed by atoms with Gasteiger partial charge >= 0.3 is 0 Å². The molecule has 2 unspecified atom stereocenters. The first-order valence-corrected chi connectivity index (χ1v) is 6.77. The first-order valence-electron chi connectivity index (χ1n) is 4.85. The van der Waals surface area contributed by atoms with Crippen LogP contribution in [0.5, 0.6) is 5.75 Å². The number of rotatable bonds is 5. The molecule has 0 saturated carbocycles. The van der Waals surface area contributed by atoms with E-state index < -0.39 is 12.2 Å². The summed E-state index contributed by atoms with van der Waals surface area (Å²) in [7, 11) is 1.54. The summed E-state index contributed by atoms with van der Waals surface area (Å²) in [5.41, 5.74) is 0.596. The summed E-state index contributed by atoms with van der Waals surface area (Å²) in [6, 6.07) is 5.31. The maximum Gasteiger partial charge on any atom is 0.125 e. The van der Waals surface area contributed by atoms with Crippen LogP contribution in [0.1, 0.15) is 18.1 Å². The number of alkyl halides is 1. The van der Waals surface area contributed by atoms with Crippen LogP contribution in [-0.4, -0.2) is 28.8 Å². The van der Waals surface area contributed by atoms with Gasteiger partial charge in [0.05, 0.1) is 13.2 Å². The van der Waals surface area contributed by atoms with Gasteiger partial charge in [-0.2, -0.15) is 0 Å². The Morgan fingerprint density at radius 2 is 2.06 bits per heavy atom. The van der Waals surface area contributed by atoms with Gasteiger partial charge in [-0.1, -0.05) is 37.9 Å². The first kappa shape index (κ1) is 14.0. The van der Waals surface area contributed by atoms with E-state index in [9.17, 15) is 10.2 Å². The lowest BCUT2D eigenvalue weighted by Gasteiger charge is -2.19. The highest BCUT2D eigenvalue weighted by Gasteiger charge is 2.21. The fourth-order valence-electron chi connectivity index (χ4n) is 1.41. The van der Waals surface area contributed by atoms with Crippen LogP contribution in [-0.2, 0) is 0 Å². The molecule has 0 aliphatic carbocycles. The molecule has 3 nitrogen and oxygen atoms in total. The number of halogens is 2. The Balaban J connectivity index is 2.93. The highest BCUT2D eigenvalue weighted by molar-refractivity contribution is 9.10. The second-order valence-electron chi connectivity index (χ2n) is 3.38. The molecule has 0 aromatic heterocycles. The zero-order chi connectivity index (χ0) is 12.1. The van der Waals surface area contributed by atoms with Crippen molar-refractivity contribution in [3.63, 3.8) is 0 Å². The number of aliphatic hydroxyl groups is 2. The fraction of sp³-hybridized carbons (Fsp3) is 0.455. The molecule has 1 aromatic rings. The Morgan fingerprint density at radius 3 is 2.62 bits per heavy atom. The van der Waals surface area contributed by atoms with Crippen molar-refractivity contribution < 1.29 is 14.9 Å². The Morgan fingerprint density at radius 1 is 1.38 bits per heavy atom. The molecule has 0 aliphatic rings. The van der Waals surface area contributed by atoms with Crippen LogP contribution in [0.2, 0.25) is 0 Å². The zero-order valence-corrected chi connectivity index (χ0v) is 12.0. The third-order valence-corrected chi connectivity index (χ3v) is 3.23. The molecule has 1 aromatic carbocycles. The van der Waals surface area contributed by atoms with Crippen molar-refractivity contribution in [3.05, 3.63) is 28.2 Å². The highest BCUT2D eigenvalue weighted by Crippen LogP contribution is 2.31. The van der Waals surface area contributed by atoms with Gasteiger partial charge in [0.2, 0.25) is 0 Å². The minimum atomic E-state index is -0.930. The van der Waals surface area contributed by atoms with E-state index >= 15 is 0 Å². The average Bonchev–Trinajstić information content (AvgIpc) is 2.28. The molecule has 0 heterocycles. The van der Waals surface area contributed by atoms with E-state index in [-0.39, 0.29) is 0 Å². The maximum absolute atomic E-state index is 9.96. The van der Waals surface area contributed by atoms with Gasteiger partial charge in [-0.25, -0.2) is 0 Å². The van der Waals surface area contributed by atoms with E-state index in [2.05, 4.69) is 31.9 Å². The largest absolute Gasteiger partial charge is 0.496 e. The van der Waals surface area contributed by atoms with E-state index in [0.29, 0.717) is 23.1 Å². The van der Waals surface area contributed by atoms with Gasteiger partial charge in [0.1, 0.15) is 11.9 Å². The molecule has 0 amide bonds. The van der Waals surface area contributed by atoms with Gasteiger partial charge in [0, 0.05) is 15.4 Å². The molecule has 0 bridgehead atoms. The van der Waals surface area contributed by atoms with Crippen molar-refractivity contribution in [2.75, 3.05) is 12.4 Å². The van der Waals surface area contributed by atoms with Crippen LogP contribution >= 0.6 is 31.9 Å². The SMILES string of the molecule is COc1cc(Br)ccc1C(O)C(O)CCBr. The van der Waals surface area contributed by atoms with Crippen molar-refractivity contribution in [2.45, 2.75) is 18.6 Å². The Labute approximate surface area is 112 Å². The average molecular weight is 354 g/mol. The van der Waals surface area contributed by atoms with Crippen molar-refractivity contribution in [1.29, 1.82) is 0 Å². The smallest absolute Gasteiger partial charge is 0.125 e. The summed E-state index contributed by atoms with van der Waals surface area (Å²) < 4.78 is 6.03. The number of ether oxygens (including phenoxy) is 1. The number of hydrogen-bond donors (Lipinski definition) is 2. The van der Waals surface area contributed by atoms with Crippen molar-refractivity contribution in [1.82, 2.24) is 0 Å². The topological polar surface area (TPSA) is 49.7 Å². The van der Waals surface area contributed by atoms with Gasteiger partial charge in [0.25, 0.3) is 0 Å². The van der Waals surface area contributed by atoms with Crippen LogP contribution in [0.15, 0.2) is 22.7 Å². The van der Waals surface area contributed by atoms with Crippen LogP contribution in [0, 0.1) is 0 Å². The molecule has 5 heteroatoms. The molecule has 2 N–H and O–H groups in total. The third kappa shape index (κ3) is 3.45.